The van der Waals surface area contributed by atoms with Crippen molar-refractivity contribution in [1.82, 2.24) is 10.2 Å². The monoisotopic (exact) mass is 368 g/mol. The summed E-state index contributed by atoms with van der Waals surface area (Å²) in [4.78, 5) is 15.0. The average molecular weight is 368 g/mol. The highest BCUT2D eigenvalue weighted by Crippen LogP contribution is 2.34. The first-order chi connectivity index (χ1) is 13.0. The number of amides is 1. The predicted octanol–water partition coefficient (Wildman–Crippen LogP) is 3.23. The fourth-order valence-corrected chi connectivity index (χ4v) is 3.67. The summed E-state index contributed by atoms with van der Waals surface area (Å²) >= 11 is 0. The number of aryl methyl sites for hydroxylation is 1. The Morgan fingerprint density at radius 2 is 1.78 bits per heavy atom. The molecule has 3 rings (SSSR count). The molecule has 0 bridgehead atoms. The zero-order valence-corrected chi connectivity index (χ0v) is 16.5. The van der Waals surface area contributed by atoms with Crippen molar-refractivity contribution in [3.8, 4) is 11.5 Å². The third-order valence-electron chi connectivity index (χ3n) is 5.28. The second kappa shape index (κ2) is 8.44. The van der Waals surface area contributed by atoms with Crippen LogP contribution in [0.25, 0.3) is 0 Å². The molecular formula is C22H28N2O3. The van der Waals surface area contributed by atoms with Gasteiger partial charge < -0.3 is 19.7 Å². The van der Waals surface area contributed by atoms with Crippen LogP contribution in [0.1, 0.15) is 33.8 Å². The van der Waals surface area contributed by atoms with E-state index in [2.05, 4.69) is 23.3 Å². The lowest BCUT2D eigenvalue weighted by Gasteiger charge is -2.37. The van der Waals surface area contributed by atoms with Crippen LogP contribution in [0.2, 0.25) is 0 Å². The van der Waals surface area contributed by atoms with Gasteiger partial charge in [-0.3, -0.25) is 4.79 Å². The maximum atomic E-state index is 12.7. The predicted molar refractivity (Wildman–Crippen MR) is 107 cm³/mol. The lowest BCUT2D eigenvalue weighted by atomic mass is 9.85. The third kappa shape index (κ3) is 4.42. The molecule has 27 heavy (non-hydrogen) atoms. The van der Waals surface area contributed by atoms with Crippen LogP contribution in [0.15, 0.2) is 42.5 Å². The van der Waals surface area contributed by atoms with Crippen LogP contribution in [0.4, 0.5) is 0 Å². The first kappa shape index (κ1) is 19.2. The minimum Gasteiger partial charge on any atom is -0.493 e. The van der Waals surface area contributed by atoms with Crippen LogP contribution in [0.5, 0.6) is 11.5 Å². The number of rotatable bonds is 5. The van der Waals surface area contributed by atoms with Gasteiger partial charge in [-0.2, -0.15) is 0 Å². The van der Waals surface area contributed by atoms with E-state index in [0.717, 1.165) is 30.6 Å². The molecule has 1 fully saturated rings. The standard InChI is InChI=1S/C22H28N2O3/c1-15-5-7-16(8-6-15)22(25)23-19-11-12-24(2)14-18(19)17-9-10-20(26-3)21(13-17)27-4/h5-10,13,18-19H,11-12,14H2,1-4H3,(H,23,25)/t18-,19-/m1/s1. The van der Waals surface area contributed by atoms with Crippen LogP contribution >= 0.6 is 0 Å². The normalized spacial score (nSPS) is 20.1. The number of hydrogen-bond donors (Lipinski definition) is 1. The molecule has 1 saturated heterocycles. The van der Waals surface area contributed by atoms with Gasteiger partial charge in [-0.1, -0.05) is 23.8 Å². The SMILES string of the molecule is COc1ccc([C@H]2CN(C)CC[C@H]2NC(=O)c2ccc(C)cc2)cc1OC. The van der Waals surface area contributed by atoms with Gasteiger partial charge >= 0.3 is 0 Å². The second-order valence-electron chi connectivity index (χ2n) is 7.22. The lowest BCUT2D eigenvalue weighted by molar-refractivity contribution is 0.0904. The van der Waals surface area contributed by atoms with E-state index in [1.54, 1.807) is 14.2 Å². The molecular weight excluding hydrogens is 340 g/mol. The van der Waals surface area contributed by atoms with Gasteiger partial charge in [0.15, 0.2) is 11.5 Å². The summed E-state index contributed by atoms with van der Waals surface area (Å²) in [5.74, 6) is 1.60. The topological polar surface area (TPSA) is 50.8 Å². The van der Waals surface area contributed by atoms with Crippen molar-refractivity contribution in [3.05, 3.63) is 59.2 Å². The van der Waals surface area contributed by atoms with Gasteiger partial charge in [-0.25, -0.2) is 0 Å². The summed E-state index contributed by atoms with van der Waals surface area (Å²) in [6.45, 7) is 3.86. The average Bonchev–Trinajstić information content (AvgIpc) is 2.69. The summed E-state index contributed by atoms with van der Waals surface area (Å²) in [5, 5.41) is 3.25. The van der Waals surface area contributed by atoms with Crippen molar-refractivity contribution in [2.45, 2.75) is 25.3 Å². The number of carbonyl (C=O) groups is 1. The van der Waals surface area contributed by atoms with Crippen LogP contribution < -0.4 is 14.8 Å². The molecule has 1 aliphatic rings. The van der Waals surface area contributed by atoms with E-state index in [9.17, 15) is 4.79 Å². The van der Waals surface area contributed by atoms with E-state index >= 15 is 0 Å². The summed E-state index contributed by atoms with van der Waals surface area (Å²) in [6, 6.07) is 13.8. The highest BCUT2D eigenvalue weighted by atomic mass is 16.5. The van der Waals surface area contributed by atoms with Gasteiger partial charge in [-0.15, -0.1) is 0 Å². The number of piperidine rings is 1. The minimum absolute atomic E-state index is 0.0185. The van der Waals surface area contributed by atoms with E-state index in [4.69, 9.17) is 9.47 Å². The van der Waals surface area contributed by atoms with Gasteiger partial charge in [0.25, 0.3) is 5.91 Å². The lowest BCUT2D eigenvalue weighted by Crippen LogP contribution is -2.48. The number of nitrogens with zero attached hydrogens (tertiary/aromatic N) is 1. The Labute approximate surface area is 161 Å². The molecule has 2 atom stereocenters. The molecule has 0 unspecified atom stereocenters. The maximum absolute atomic E-state index is 12.7. The van der Waals surface area contributed by atoms with Gasteiger partial charge in [-0.05, 0) is 56.8 Å². The van der Waals surface area contributed by atoms with E-state index in [0.29, 0.717) is 17.1 Å². The molecule has 1 amide bonds. The zero-order valence-electron chi connectivity index (χ0n) is 16.5. The second-order valence-corrected chi connectivity index (χ2v) is 7.22. The molecule has 2 aromatic rings. The van der Waals surface area contributed by atoms with E-state index < -0.39 is 0 Å². The van der Waals surface area contributed by atoms with E-state index in [1.165, 1.54) is 0 Å². The summed E-state index contributed by atoms with van der Waals surface area (Å²) in [5.41, 5.74) is 2.99. The fraction of sp³-hybridized carbons (Fsp3) is 0.409. The minimum atomic E-state index is -0.0185. The summed E-state index contributed by atoms with van der Waals surface area (Å²) in [6.07, 6.45) is 0.910. The number of carbonyl (C=O) groups excluding carboxylic acids is 1. The molecule has 0 spiro atoms. The van der Waals surface area contributed by atoms with Crippen LogP contribution in [-0.2, 0) is 0 Å². The highest BCUT2D eigenvalue weighted by molar-refractivity contribution is 5.94. The Bertz CT molecular complexity index is 789. The molecule has 0 aliphatic carbocycles. The molecule has 2 aromatic carbocycles. The van der Waals surface area contributed by atoms with Crippen molar-refractivity contribution in [2.24, 2.45) is 0 Å². The quantitative estimate of drug-likeness (QED) is 0.880. The number of likely N-dealkylation sites (N-methyl/N-ethyl adjacent to an activating group) is 1. The Morgan fingerprint density at radius 1 is 1.07 bits per heavy atom. The number of benzene rings is 2. The maximum Gasteiger partial charge on any atom is 0.251 e. The summed E-state index contributed by atoms with van der Waals surface area (Å²) in [7, 11) is 5.40. The molecule has 0 saturated carbocycles. The van der Waals surface area contributed by atoms with Crippen LogP contribution in [-0.4, -0.2) is 51.2 Å². The Hall–Kier alpha value is -2.53. The van der Waals surface area contributed by atoms with E-state index in [-0.39, 0.29) is 17.9 Å². The van der Waals surface area contributed by atoms with Crippen molar-refractivity contribution < 1.29 is 14.3 Å². The van der Waals surface area contributed by atoms with Crippen molar-refractivity contribution in [2.75, 3.05) is 34.4 Å². The van der Waals surface area contributed by atoms with Gasteiger partial charge in [0.1, 0.15) is 0 Å². The number of nitrogens with one attached hydrogen (secondary N) is 1. The largest absolute Gasteiger partial charge is 0.493 e. The van der Waals surface area contributed by atoms with Crippen molar-refractivity contribution in [3.63, 3.8) is 0 Å². The molecule has 144 valence electrons. The molecule has 5 heteroatoms. The Morgan fingerprint density at radius 3 is 2.44 bits per heavy atom. The molecule has 1 heterocycles. The van der Waals surface area contributed by atoms with Crippen LogP contribution in [0.3, 0.4) is 0 Å². The number of hydrogen-bond acceptors (Lipinski definition) is 4. The van der Waals surface area contributed by atoms with E-state index in [1.807, 2.05) is 43.3 Å². The van der Waals surface area contributed by atoms with Crippen molar-refractivity contribution in [1.29, 1.82) is 0 Å². The number of methoxy groups -OCH3 is 2. The summed E-state index contributed by atoms with van der Waals surface area (Å²) < 4.78 is 10.8. The molecule has 1 N–H and O–H groups in total. The van der Waals surface area contributed by atoms with Crippen molar-refractivity contribution >= 4 is 5.91 Å². The Kier molecular flexibility index (Phi) is 6.01. The molecule has 0 aromatic heterocycles. The number of likely N-dealkylation sites (tertiary alicyclic amines) is 1. The Balaban J connectivity index is 1.83. The fourth-order valence-electron chi connectivity index (χ4n) is 3.67. The van der Waals surface area contributed by atoms with Gasteiger partial charge in [0, 0.05) is 24.1 Å². The first-order valence-electron chi connectivity index (χ1n) is 9.30. The number of ether oxygens (including phenoxy) is 2. The smallest absolute Gasteiger partial charge is 0.251 e. The van der Waals surface area contributed by atoms with Gasteiger partial charge in [0.05, 0.1) is 14.2 Å². The molecule has 5 nitrogen and oxygen atoms in total. The third-order valence-corrected chi connectivity index (χ3v) is 5.28. The van der Waals surface area contributed by atoms with Crippen LogP contribution in [0, 0.1) is 6.92 Å². The highest BCUT2D eigenvalue weighted by Gasteiger charge is 2.31. The molecule has 1 aliphatic heterocycles. The van der Waals surface area contributed by atoms with Gasteiger partial charge in [0.2, 0.25) is 0 Å². The molecule has 0 radical (unpaired) electrons. The zero-order chi connectivity index (χ0) is 19.4. The first-order valence-corrected chi connectivity index (χ1v) is 9.30.